The van der Waals surface area contributed by atoms with Gasteiger partial charge in [0.2, 0.25) is 5.54 Å². The maximum absolute atomic E-state index is 13.0. The Morgan fingerprint density at radius 1 is 1.11 bits per heavy atom. The Kier molecular flexibility index (Phi) is 2.76. The van der Waals surface area contributed by atoms with Gasteiger partial charge >= 0.3 is 12.2 Å². The van der Waals surface area contributed by atoms with Crippen molar-refractivity contribution < 1.29 is 22.8 Å². The van der Waals surface area contributed by atoms with Crippen molar-refractivity contribution in [1.29, 1.82) is 0 Å². The van der Waals surface area contributed by atoms with E-state index in [-0.39, 0.29) is 0 Å². The smallest absolute Gasteiger partial charge is 0.315 e. The van der Waals surface area contributed by atoms with Crippen molar-refractivity contribution in [3.63, 3.8) is 0 Å². The van der Waals surface area contributed by atoms with Crippen LogP contribution in [0.1, 0.15) is 5.56 Å². The van der Waals surface area contributed by atoms with E-state index in [1.54, 1.807) is 28.8 Å². The second kappa shape index (κ2) is 4.01. The summed E-state index contributed by atoms with van der Waals surface area (Å²) in [6.45, 7) is 0. The highest BCUT2D eigenvalue weighted by molar-refractivity contribution is 6.07. The molecule has 3 amide bonds. The predicted molar refractivity (Wildman–Crippen MR) is 55.6 cm³/mol. The third-order valence-corrected chi connectivity index (χ3v) is 2.74. The van der Waals surface area contributed by atoms with Crippen LogP contribution < -0.4 is 10.6 Å². The van der Waals surface area contributed by atoms with Gasteiger partial charge in [0.1, 0.15) is 0 Å². The molecule has 4 nitrogen and oxygen atoms in total. The molecule has 0 aromatic heterocycles. The van der Waals surface area contributed by atoms with Crippen molar-refractivity contribution in [2.45, 2.75) is 18.1 Å². The minimum absolute atomic E-state index is 0.312. The zero-order valence-electron chi connectivity index (χ0n) is 9.04. The topological polar surface area (TPSA) is 58.2 Å². The van der Waals surface area contributed by atoms with Crippen LogP contribution in [0.3, 0.4) is 0 Å². The molecular formula is C11H9F3N2O2. The lowest BCUT2D eigenvalue weighted by molar-refractivity contribution is -0.192. The first-order valence-electron chi connectivity index (χ1n) is 5.09. The van der Waals surface area contributed by atoms with Gasteiger partial charge in [-0.1, -0.05) is 30.3 Å². The van der Waals surface area contributed by atoms with Gasteiger partial charge in [-0.25, -0.2) is 4.79 Å². The molecular weight excluding hydrogens is 249 g/mol. The summed E-state index contributed by atoms with van der Waals surface area (Å²) in [7, 11) is 0. The number of carbonyl (C=O) groups is 2. The number of imide groups is 1. The van der Waals surface area contributed by atoms with Crippen LogP contribution in [0, 0.1) is 0 Å². The van der Waals surface area contributed by atoms with Crippen molar-refractivity contribution in [2.24, 2.45) is 0 Å². The highest BCUT2D eigenvalue weighted by Gasteiger charge is 2.64. The number of rotatable bonds is 2. The van der Waals surface area contributed by atoms with E-state index in [2.05, 4.69) is 0 Å². The summed E-state index contributed by atoms with van der Waals surface area (Å²) in [6, 6.07) is 6.57. The van der Waals surface area contributed by atoms with Crippen LogP contribution in [-0.2, 0) is 11.2 Å². The number of nitrogens with one attached hydrogen (secondary N) is 2. The molecule has 1 saturated heterocycles. The maximum atomic E-state index is 13.0. The summed E-state index contributed by atoms with van der Waals surface area (Å²) < 4.78 is 39.1. The number of carbonyl (C=O) groups excluding carboxylic acids is 2. The molecule has 1 atom stereocenters. The molecule has 0 bridgehead atoms. The monoisotopic (exact) mass is 258 g/mol. The summed E-state index contributed by atoms with van der Waals surface area (Å²) in [5.41, 5.74) is -2.57. The lowest BCUT2D eigenvalue weighted by Gasteiger charge is -2.28. The second-order valence-electron chi connectivity index (χ2n) is 3.97. The minimum atomic E-state index is -4.86. The number of urea groups is 1. The summed E-state index contributed by atoms with van der Waals surface area (Å²) in [4.78, 5) is 22.4. The summed E-state index contributed by atoms with van der Waals surface area (Å²) in [5, 5.41) is 3.31. The van der Waals surface area contributed by atoms with Gasteiger partial charge in [-0.15, -0.1) is 0 Å². The van der Waals surface area contributed by atoms with Crippen LogP contribution in [0.5, 0.6) is 0 Å². The molecule has 1 aromatic carbocycles. The highest BCUT2D eigenvalue weighted by atomic mass is 19.4. The van der Waals surface area contributed by atoms with Crippen molar-refractivity contribution in [3.8, 4) is 0 Å². The molecule has 1 fully saturated rings. The first kappa shape index (κ1) is 12.4. The van der Waals surface area contributed by atoms with E-state index in [1.807, 2.05) is 0 Å². The molecule has 1 unspecified atom stereocenters. The number of alkyl halides is 3. The zero-order valence-corrected chi connectivity index (χ0v) is 9.04. The van der Waals surface area contributed by atoms with Gasteiger partial charge in [-0.3, -0.25) is 10.1 Å². The molecule has 1 aromatic rings. The molecule has 1 heterocycles. The summed E-state index contributed by atoms with van der Waals surface area (Å²) in [5.74, 6) is -1.37. The molecule has 2 N–H and O–H groups in total. The van der Waals surface area contributed by atoms with Gasteiger partial charge in [0, 0.05) is 6.42 Å². The van der Waals surface area contributed by atoms with Gasteiger partial charge in [0.05, 0.1) is 0 Å². The normalized spacial score (nSPS) is 23.7. The third kappa shape index (κ3) is 1.92. The largest absolute Gasteiger partial charge is 0.421 e. The predicted octanol–water partition coefficient (Wildman–Crippen LogP) is 1.37. The van der Waals surface area contributed by atoms with Gasteiger partial charge in [0.15, 0.2) is 0 Å². The average molecular weight is 258 g/mol. The lowest BCUT2D eigenvalue weighted by Crippen LogP contribution is -2.60. The van der Waals surface area contributed by atoms with Crippen LogP contribution >= 0.6 is 0 Å². The fourth-order valence-electron chi connectivity index (χ4n) is 1.82. The average Bonchev–Trinajstić information content (AvgIpc) is 2.55. The van der Waals surface area contributed by atoms with Crippen LogP contribution in [-0.4, -0.2) is 23.7 Å². The van der Waals surface area contributed by atoms with Gasteiger partial charge in [0.25, 0.3) is 5.91 Å². The van der Waals surface area contributed by atoms with Crippen LogP contribution in [0.15, 0.2) is 30.3 Å². The Hall–Kier alpha value is -2.05. The van der Waals surface area contributed by atoms with Crippen LogP contribution in [0.25, 0.3) is 0 Å². The van der Waals surface area contributed by atoms with Gasteiger partial charge < -0.3 is 5.32 Å². The van der Waals surface area contributed by atoms with Crippen molar-refractivity contribution in [2.75, 3.05) is 0 Å². The van der Waals surface area contributed by atoms with Gasteiger partial charge in [-0.2, -0.15) is 13.2 Å². The van der Waals surface area contributed by atoms with E-state index in [0.717, 1.165) is 0 Å². The molecule has 7 heteroatoms. The summed E-state index contributed by atoms with van der Waals surface area (Å²) in [6.07, 6.45) is -5.49. The summed E-state index contributed by atoms with van der Waals surface area (Å²) >= 11 is 0. The number of hydrogen-bond acceptors (Lipinski definition) is 2. The maximum Gasteiger partial charge on any atom is 0.421 e. The molecule has 0 spiro atoms. The Labute approximate surface area is 100 Å². The van der Waals surface area contributed by atoms with E-state index in [0.29, 0.717) is 5.56 Å². The van der Waals surface area contributed by atoms with Crippen LogP contribution in [0.4, 0.5) is 18.0 Å². The Balaban J connectivity index is 2.39. The molecule has 0 radical (unpaired) electrons. The number of halogens is 3. The third-order valence-electron chi connectivity index (χ3n) is 2.74. The first-order chi connectivity index (χ1) is 8.35. The molecule has 1 aliphatic rings. The van der Waals surface area contributed by atoms with Crippen molar-refractivity contribution in [3.05, 3.63) is 35.9 Å². The van der Waals surface area contributed by atoms with E-state index in [1.165, 1.54) is 12.1 Å². The number of benzene rings is 1. The number of hydrogen-bond donors (Lipinski definition) is 2. The number of amides is 3. The van der Waals surface area contributed by atoms with Crippen molar-refractivity contribution in [1.82, 2.24) is 10.6 Å². The van der Waals surface area contributed by atoms with E-state index >= 15 is 0 Å². The van der Waals surface area contributed by atoms with Crippen molar-refractivity contribution >= 4 is 11.9 Å². The fourth-order valence-corrected chi connectivity index (χ4v) is 1.82. The fraction of sp³-hybridized carbons (Fsp3) is 0.273. The Morgan fingerprint density at radius 3 is 2.17 bits per heavy atom. The Morgan fingerprint density at radius 2 is 1.72 bits per heavy atom. The van der Waals surface area contributed by atoms with Crippen LogP contribution in [0.2, 0.25) is 0 Å². The highest BCUT2D eigenvalue weighted by Crippen LogP contribution is 2.35. The second-order valence-corrected chi connectivity index (χ2v) is 3.97. The first-order valence-corrected chi connectivity index (χ1v) is 5.09. The molecule has 2 rings (SSSR count). The SMILES string of the molecule is O=C1NC(=O)C(Cc2ccccc2)(C(F)(F)F)N1. The minimum Gasteiger partial charge on any atom is -0.315 e. The Bertz CT molecular complexity index is 487. The molecule has 96 valence electrons. The lowest BCUT2D eigenvalue weighted by atomic mass is 9.90. The van der Waals surface area contributed by atoms with Gasteiger partial charge in [-0.05, 0) is 5.56 Å². The zero-order chi connectivity index (χ0) is 13.4. The van der Waals surface area contributed by atoms with E-state index in [4.69, 9.17) is 0 Å². The molecule has 18 heavy (non-hydrogen) atoms. The van der Waals surface area contributed by atoms with E-state index in [9.17, 15) is 22.8 Å². The van der Waals surface area contributed by atoms with E-state index < -0.39 is 30.1 Å². The standard InChI is InChI=1S/C11H9F3N2O2/c12-11(13,14)10(8(17)15-9(18)16-10)6-7-4-2-1-3-5-7/h1-5H,6H2,(H2,15,16,17,18). The molecule has 0 saturated carbocycles. The quantitative estimate of drug-likeness (QED) is 0.787. The molecule has 0 aliphatic carbocycles. The molecule has 1 aliphatic heterocycles.